The van der Waals surface area contributed by atoms with Gasteiger partial charge in [-0.15, -0.1) is 0 Å². The molecule has 4 aromatic rings. The third-order valence-corrected chi connectivity index (χ3v) is 4.88. The summed E-state index contributed by atoms with van der Waals surface area (Å²) in [6.07, 6.45) is 0.264. The molecular formula is C23H22N4O3. The van der Waals surface area contributed by atoms with Crippen LogP contribution in [0.2, 0.25) is 0 Å². The lowest BCUT2D eigenvalue weighted by molar-refractivity contribution is -0.115. The van der Waals surface area contributed by atoms with Crippen LogP contribution >= 0.6 is 0 Å². The summed E-state index contributed by atoms with van der Waals surface area (Å²) < 4.78 is 7.09. The van der Waals surface area contributed by atoms with Gasteiger partial charge in [0.25, 0.3) is 0 Å². The molecule has 152 valence electrons. The van der Waals surface area contributed by atoms with Gasteiger partial charge in [-0.3, -0.25) is 9.36 Å². The summed E-state index contributed by atoms with van der Waals surface area (Å²) in [7, 11) is 0. The highest BCUT2D eigenvalue weighted by Gasteiger charge is 2.28. The molecule has 2 aromatic heterocycles. The van der Waals surface area contributed by atoms with Crippen molar-refractivity contribution >= 4 is 39.9 Å². The monoisotopic (exact) mass is 402 g/mol. The van der Waals surface area contributed by atoms with Crippen molar-refractivity contribution in [3.05, 3.63) is 59.7 Å². The van der Waals surface area contributed by atoms with Crippen LogP contribution in [-0.4, -0.2) is 33.0 Å². The fourth-order valence-corrected chi connectivity index (χ4v) is 3.43. The van der Waals surface area contributed by atoms with Crippen LogP contribution in [0, 0.1) is 6.92 Å². The zero-order valence-electron chi connectivity index (χ0n) is 17.1. The molecule has 0 radical (unpaired) electrons. The second-order valence-electron chi connectivity index (χ2n) is 6.85. The number of aromatic nitrogens is 3. The zero-order chi connectivity index (χ0) is 21.3. The van der Waals surface area contributed by atoms with E-state index in [0.717, 1.165) is 11.3 Å². The van der Waals surface area contributed by atoms with Crippen LogP contribution in [0.4, 0.5) is 5.82 Å². The molecule has 0 atom stereocenters. The average molecular weight is 402 g/mol. The zero-order valence-corrected chi connectivity index (χ0v) is 17.1. The number of nitrogens with one attached hydrogen (secondary N) is 1. The van der Waals surface area contributed by atoms with Crippen molar-refractivity contribution in [1.82, 2.24) is 14.5 Å². The van der Waals surface area contributed by atoms with E-state index in [0.29, 0.717) is 28.0 Å². The Morgan fingerprint density at radius 2 is 1.67 bits per heavy atom. The van der Waals surface area contributed by atoms with Crippen LogP contribution in [0.1, 0.15) is 36.2 Å². The molecule has 0 fully saturated rings. The van der Waals surface area contributed by atoms with Gasteiger partial charge in [0.1, 0.15) is 16.9 Å². The molecule has 1 N–H and O–H groups in total. The van der Waals surface area contributed by atoms with Gasteiger partial charge >= 0.3 is 5.97 Å². The predicted octanol–water partition coefficient (Wildman–Crippen LogP) is 4.41. The molecule has 0 saturated carbocycles. The number of fused-ring (bicyclic) bond motifs is 2. The third kappa shape index (κ3) is 3.28. The van der Waals surface area contributed by atoms with Crippen LogP contribution in [0.15, 0.2) is 48.5 Å². The predicted molar refractivity (Wildman–Crippen MR) is 116 cm³/mol. The summed E-state index contributed by atoms with van der Waals surface area (Å²) >= 11 is 0. The summed E-state index contributed by atoms with van der Waals surface area (Å²) in [5.74, 6) is -0.450. The summed E-state index contributed by atoms with van der Waals surface area (Å²) in [5.41, 5.74) is 4.20. The second kappa shape index (κ2) is 7.94. The van der Waals surface area contributed by atoms with E-state index in [1.165, 1.54) is 0 Å². The average Bonchev–Trinajstić information content (AvgIpc) is 3.05. The minimum Gasteiger partial charge on any atom is -0.462 e. The van der Waals surface area contributed by atoms with Gasteiger partial charge < -0.3 is 10.1 Å². The highest BCUT2D eigenvalue weighted by molar-refractivity contribution is 6.12. The molecule has 0 saturated heterocycles. The van der Waals surface area contributed by atoms with Crippen molar-refractivity contribution in [2.45, 2.75) is 27.2 Å². The maximum atomic E-state index is 13.0. The highest BCUT2D eigenvalue weighted by Crippen LogP contribution is 2.34. The Labute approximate surface area is 173 Å². The standard InChI is InChI=1S/C23H22N4O3/c1-4-18(28)26-21-19(23(29)30-5-2)20-22(25-16-12-8-7-11-15(16)24-20)27(21)17-13-9-6-10-14(17)3/h6-13H,4-5H2,1-3H3,(H,26,28). The van der Waals surface area contributed by atoms with E-state index >= 15 is 0 Å². The Bertz CT molecular complexity index is 1280. The smallest absolute Gasteiger partial charge is 0.344 e. The van der Waals surface area contributed by atoms with Gasteiger partial charge in [-0.05, 0) is 37.6 Å². The van der Waals surface area contributed by atoms with Gasteiger partial charge in [0, 0.05) is 6.42 Å². The number of carbonyl (C=O) groups is 2. The molecule has 2 aromatic carbocycles. The summed E-state index contributed by atoms with van der Waals surface area (Å²) in [4.78, 5) is 34.8. The lowest BCUT2D eigenvalue weighted by Crippen LogP contribution is -2.17. The Morgan fingerprint density at radius 1 is 1.00 bits per heavy atom. The number of amides is 1. The quantitative estimate of drug-likeness (QED) is 0.500. The molecular weight excluding hydrogens is 380 g/mol. The highest BCUT2D eigenvalue weighted by atomic mass is 16.5. The minimum atomic E-state index is -0.550. The van der Waals surface area contributed by atoms with Gasteiger partial charge in [-0.2, -0.15) is 0 Å². The molecule has 2 heterocycles. The van der Waals surface area contributed by atoms with Crippen LogP contribution in [0.3, 0.4) is 0 Å². The van der Waals surface area contributed by atoms with Crippen molar-refractivity contribution in [2.24, 2.45) is 0 Å². The molecule has 0 aliphatic heterocycles. The maximum absolute atomic E-state index is 13.0. The number of ether oxygens (including phenoxy) is 1. The fourth-order valence-electron chi connectivity index (χ4n) is 3.43. The number of esters is 1. The maximum Gasteiger partial charge on any atom is 0.344 e. The first kappa shape index (κ1) is 19.6. The lowest BCUT2D eigenvalue weighted by atomic mass is 10.2. The Balaban J connectivity index is 2.16. The van der Waals surface area contributed by atoms with E-state index in [9.17, 15) is 9.59 Å². The number of rotatable bonds is 5. The molecule has 7 heteroatoms. The number of nitrogens with zero attached hydrogens (tertiary/aromatic N) is 3. The van der Waals surface area contributed by atoms with Crippen LogP contribution in [0.25, 0.3) is 27.9 Å². The van der Waals surface area contributed by atoms with Crippen LogP contribution in [-0.2, 0) is 9.53 Å². The first-order valence-electron chi connectivity index (χ1n) is 9.89. The van der Waals surface area contributed by atoms with Crippen molar-refractivity contribution in [1.29, 1.82) is 0 Å². The molecule has 7 nitrogen and oxygen atoms in total. The molecule has 4 rings (SSSR count). The number of carbonyl (C=O) groups excluding carboxylic acids is 2. The Morgan fingerprint density at radius 3 is 2.33 bits per heavy atom. The number of aryl methyl sites for hydroxylation is 1. The minimum absolute atomic E-state index is 0.204. The molecule has 30 heavy (non-hydrogen) atoms. The first-order chi connectivity index (χ1) is 14.5. The topological polar surface area (TPSA) is 86.1 Å². The van der Waals surface area contributed by atoms with Crippen molar-refractivity contribution < 1.29 is 14.3 Å². The van der Waals surface area contributed by atoms with Crippen molar-refractivity contribution in [2.75, 3.05) is 11.9 Å². The van der Waals surface area contributed by atoms with Gasteiger partial charge in [0.2, 0.25) is 5.91 Å². The van der Waals surface area contributed by atoms with E-state index in [1.54, 1.807) is 18.4 Å². The summed E-state index contributed by atoms with van der Waals surface area (Å²) in [5, 5.41) is 2.88. The SMILES string of the molecule is CCOC(=O)c1c(NC(=O)CC)n(-c2ccccc2C)c2nc3ccccc3nc12. The van der Waals surface area contributed by atoms with E-state index in [2.05, 4.69) is 5.32 Å². The van der Waals surface area contributed by atoms with Gasteiger partial charge in [0.15, 0.2) is 5.65 Å². The van der Waals surface area contributed by atoms with E-state index in [4.69, 9.17) is 14.7 Å². The first-order valence-corrected chi connectivity index (χ1v) is 9.89. The van der Waals surface area contributed by atoms with Gasteiger partial charge in [-0.1, -0.05) is 37.3 Å². The molecule has 0 spiro atoms. The van der Waals surface area contributed by atoms with E-state index < -0.39 is 5.97 Å². The summed E-state index contributed by atoms with van der Waals surface area (Å²) in [6, 6.07) is 15.2. The van der Waals surface area contributed by atoms with Gasteiger partial charge in [0.05, 0.1) is 23.3 Å². The normalized spacial score (nSPS) is 11.0. The van der Waals surface area contributed by atoms with Crippen molar-refractivity contribution in [3.63, 3.8) is 0 Å². The fraction of sp³-hybridized carbons (Fsp3) is 0.217. The number of anilines is 1. The third-order valence-electron chi connectivity index (χ3n) is 4.88. The molecule has 0 unspecified atom stereocenters. The number of hydrogen-bond acceptors (Lipinski definition) is 5. The Kier molecular flexibility index (Phi) is 5.18. The molecule has 0 bridgehead atoms. The lowest BCUT2D eigenvalue weighted by Gasteiger charge is -2.14. The van der Waals surface area contributed by atoms with E-state index in [1.807, 2.05) is 55.5 Å². The van der Waals surface area contributed by atoms with Crippen LogP contribution < -0.4 is 5.32 Å². The molecule has 1 amide bonds. The largest absolute Gasteiger partial charge is 0.462 e. The van der Waals surface area contributed by atoms with Crippen molar-refractivity contribution in [3.8, 4) is 5.69 Å². The number of hydrogen-bond donors (Lipinski definition) is 1. The van der Waals surface area contributed by atoms with E-state index in [-0.39, 0.29) is 24.5 Å². The molecule has 0 aliphatic carbocycles. The molecule has 0 aliphatic rings. The van der Waals surface area contributed by atoms with Crippen LogP contribution in [0.5, 0.6) is 0 Å². The second-order valence-corrected chi connectivity index (χ2v) is 6.85. The Hall–Kier alpha value is -3.74. The number of benzene rings is 2. The summed E-state index contributed by atoms with van der Waals surface area (Å²) in [6.45, 7) is 5.66. The number of para-hydroxylation sites is 3. The van der Waals surface area contributed by atoms with Gasteiger partial charge in [-0.25, -0.2) is 14.8 Å².